The van der Waals surface area contributed by atoms with Crippen LogP contribution >= 0.6 is 0 Å². The van der Waals surface area contributed by atoms with Crippen molar-refractivity contribution in [3.63, 3.8) is 0 Å². The molecule has 3 aromatic carbocycles. The molecular formula is C30H35N5O3S. The van der Waals surface area contributed by atoms with E-state index in [0.29, 0.717) is 36.9 Å². The molecule has 5 rings (SSSR count). The molecule has 4 aromatic rings. The van der Waals surface area contributed by atoms with E-state index in [4.69, 9.17) is 14.7 Å². The number of aromatic nitrogens is 2. The molecule has 0 unspecified atom stereocenters. The lowest BCUT2D eigenvalue weighted by molar-refractivity contribution is 0.141. The molecule has 39 heavy (non-hydrogen) atoms. The summed E-state index contributed by atoms with van der Waals surface area (Å²) in [6.07, 6.45) is 1.98. The molecule has 0 spiro atoms. The van der Waals surface area contributed by atoms with Gasteiger partial charge in [0.25, 0.3) is 0 Å². The Morgan fingerprint density at radius 3 is 2.28 bits per heavy atom. The molecule has 1 aromatic heterocycles. The zero-order valence-electron chi connectivity index (χ0n) is 22.7. The number of benzene rings is 3. The van der Waals surface area contributed by atoms with Gasteiger partial charge in [0.05, 0.1) is 23.6 Å². The molecule has 1 aliphatic rings. The number of hydrogen-bond acceptors (Lipinski definition) is 7. The Morgan fingerprint density at radius 2 is 1.62 bits per heavy atom. The Bertz CT molecular complexity index is 1520. The lowest BCUT2D eigenvalue weighted by atomic mass is 10.1. The number of rotatable bonds is 9. The Balaban J connectivity index is 1.32. The smallest absolute Gasteiger partial charge is 0.243 e. The van der Waals surface area contributed by atoms with Crippen LogP contribution in [-0.4, -0.2) is 60.9 Å². The lowest BCUT2D eigenvalue weighted by Gasteiger charge is -2.37. The molecule has 8 nitrogen and oxygen atoms in total. The molecule has 204 valence electrons. The third kappa shape index (κ3) is 5.90. The van der Waals surface area contributed by atoms with E-state index >= 15 is 0 Å². The van der Waals surface area contributed by atoms with E-state index < -0.39 is 10.0 Å². The molecule has 0 bridgehead atoms. The molecule has 0 radical (unpaired) electrons. The van der Waals surface area contributed by atoms with E-state index in [0.717, 1.165) is 46.6 Å². The van der Waals surface area contributed by atoms with Gasteiger partial charge in [-0.15, -0.1) is 0 Å². The predicted octanol–water partition coefficient (Wildman–Crippen LogP) is 5.40. The number of fused-ring (bicyclic) bond motifs is 1. The third-order valence-electron chi connectivity index (χ3n) is 7.27. The fraction of sp³-hybridized carbons (Fsp3) is 0.333. The van der Waals surface area contributed by atoms with E-state index in [1.165, 1.54) is 0 Å². The first-order chi connectivity index (χ1) is 18.9. The van der Waals surface area contributed by atoms with Crippen molar-refractivity contribution < 1.29 is 13.2 Å². The summed E-state index contributed by atoms with van der Waals surface area (Å²) in [5, 5.41) is 4.38. The van der Waals surface area contributed by atoms with Gasteiger partial charge in [0.2, 0.25) is 10.0 Å². The first kappa shape index (κ1) is 27.1. The van der Waals surface area contributed by atoms with Crippen LogP contribution in [0.25, 0.3) is 10.9 Å². The van der Waals surface area contributed by atoms with Gasteiger partial charge < -0.3 is 10.1 Å². The zero-order valence-corrected chi connectivity index (χ0v) is 23.5. The monoisotopic (exact) mass is 545 g/mol. The first-order valence-corrected chi connectivity index (χ1v) is 14.8. The van der Waals surface area contributed by atoms with Gasteiger partial charge in [0.1, 0.15) is 17.4 Å². The van der Waals surface area contributed by atoms with Crippen LogP contribution in [0.4, 0.5) is 11.5 Å². The number of para-hydroxylation sites is 1. The van der Waals surface area contributed by atoms with Crippen LogP contribution in [0.15, 0.2) is 77.7 Å². The highest BCUT2D eigenvalue weighted by Gasteiger charge is 2.31. The molecule has 9 heteroatoms. The van der Waals surface area contributed by atoms with Crippen LogP contribution in [0, 0.1) is 0 Å². The Labute approximate surface area is 230 Å². The minimum Gasteiger partial charge on any atom is -0.497 e. The van der Waals surface area contributed by atoms with Crippen molar-refractivity contribution >= 4 is 32.4 Å². The average molecular weight is 546 g/mol. The largest absolute Gasteiger partial charge is 0.497 e. The molecule has 0 aliphatic carbocycles. The van der Waals surface area contributed by atoms with E-state index in [2.05, 4.69) is 24.1 Å². The number of hydrogen-bond donors (Lipinski definition) is 1. The highest BCUT2D eigenvalue weighted by molar-refractivity contribution is 7.89. The summed E-state index contributed by atoms with van der Waals surface area (Å²) in [6.45, 7) is 6.25. The van der Waals surface area contributed by atoms with Gasteiger partial charge in [-0.25, -0.2) is 18.4 Å². The summed E-state index contributed by atoms with van der Waals surface area (Å²) < 4.78 is 33.4. The van der Waals surface area contributed by atoms with Gasteiger partial charge in [-0.3, -0.25) is 4.90 Å². The third-order valence-corrected chi connectivity index (χ3v) is 9.18. The summed E-state index contributed by atoms with van der Waals surface area (Å²) in [4.78, 5) is 12.4. The van der Waals surface area contributed by atoms with Gasteiger partial charge in [0.15, 0.2) is 0 Å². The van der Waals surface area contributed by atoms with Crippen LogP contribution in [-0.2, 0) is 16.4 Å². The zero-order chi connectivity index (χ0) is 27.4. The number of anilines is 2. The Kier molecular flexibility index (Phi) is 8.11. The molecule has 0 amide bonds. The van der Waals surface area contributed by atoms with Crippen LogP contribution in [0.5, 0.6) is 5.75 Å². The molecule has 1 N–H and O–H groups in total. The molecular weight excluding hydrogens is 510 g/mol. The quantitative estimate of drug-likeness (QED) is 0.301. The van der Waals surface area contributed by atoms with Crippen molar-refractivity contribution in [3.05, 3.63) is 84.2 Å². The summed E-state index contributed by atoms with van der Waals surface area (Å²) in [7, 11) is -1.88. The number of piperazine rings is 1. The predicted molar refractivity (Wildman–Crippen MR) is 155 cm³/mol. The van der Waals surface area contributed by atoms with Crippen LogP contribution in [0.2, 0.25) is 0 Å². The van der Waals surface area contributed by atoms with E-state index in [-0.39, 0.29) is 6.04 Å². The standard InChI is InChI=1S/C30H35N5O3S/c1-4-7-23-10-16-26(17-11-23)39(36,37)35-20-18-34(19-21-35)22(2)29-32-28-9-6-5-8-27(28)30(33-29)31-24-12-14-25(38-3)15-13-24/h5-6,8-17,22H,4,7,18-21H2,1-3H3,(H,31,32,33)/t22-/m1/s1. The van der Waals surface area contributed by atoms with Crippen molar-refractivity contribution in [2.24, 2.45) is 0 Å². The molecule has 1 aliphatic heterocycles. The molecule has 0 saturated carbocycles. The number of nitrogens with one attached hydrogen (secondary N) is 1. The number of ether oxygens (including phenoxy) is 1. The SMILES string of the molecule is CCCc1ccc(S(=O)(=O)N2CCN([C@H](C)c3nc(Nc4ccc(OC)cc4)c4ccccc4n3)CC2)cc1. The fourth-order valence-corrected chi connectivity index (χ4v) is 6.37. The summed E-state index contributed by atoms with van der Waals surface area (Å²) in [6, 6.07) is 22.9. The van der Waals surface area contributed by atoms with Gasteiger partial charge in [0, 0.05) is 37.3 Å². The maximum atomic E-state index is 13.3. The second-order valence-electron chi connectivity index (χ2n) is 9.81. The minimum absolute atomic E-state index is 0.0794. The lowest BCUT2D eigenvalue weighted by Crippen LogP contribution is -2.49. The number of sulfonamides is 1. The normalized spacial score (nSPS) is 15.8. The van der Waals surface area contributed by atoms with Crippen LogP contribution in [0.1, 0.15) is 37.7 Å². The van der Waals surface area contributed by atoms with Gasteiger partial charge in [-0.05, 0) is 67.4 Å². The van der Waals surface area contributed by atoms with Crippen LogP contribution < -0.4 is 10.1 Å². The van der Waals surface area contributed by atoms with Gasteiger partial charge in [-0.1, -0.05) is 37.6 Å². The van der Waals surface area contributed by atoms with Gasteiger partial charge >= 0.3 is 0 Å². The maximum Gasteiger partial charge on any atom is 0.243 e. The van der Waals surface area contributed by atoms with Crippen molar-refractivity contribution in [3.8, 4) is 5.75 Å². The second-order valence-corrected chi connectivity index (χ2v) is 11.7. The summed E-state index contributed by atoms with van der Waals surface area (Å²) >= 11 is 0. The molecule has 2 heterocycles. The van der Waals surface area contributed by atoms with E-state index in [1.54, 1.807) is 23.5 Å². The van der Waals surface area contributed by atoms with Crippen molar-refractivity contribution in [1.29, 1.82) is 0 Å². The fourth-order valence-electron chi connectivity index (χ4n) is 4.95. The highest BCUT2D eigenvalue weighted by atomic mass is 32.2. The Hall–Kier alpha value is -3.53. The molecule has 1 atom stereocenters. The minimum atomic E-state index is -3.53. The number of methoxy groups -OCH3 is 1. The van der Waals surface area contributed by atoms with Crippen molar-refractivity contribution in [2.75, 3.05) is 38.6 Å². The van der Waals surface area contributed by atoms with Crippen molar-refractivity contribution in [2.45, 2.75) is 37.6 Å². The van der Waals surface area contributed by atoms with Crippen molar-refractivity contribution in [1.82, 2.24) is 19.2 Å². The Morgan fingerprint density at radius 1 is 0.923 bits per heavy atom. The average Bonchev–Trinajstić information content (AvgIpc) is 2.97. The van der Waals surface area contributed by atoms with Gasteiger partial charge in [-0.2, -0.15) is 4.31 Å². The van der Waals surface area contributed by atoms with E-state index in [9.17, 15) is 8.42 Å². The maximum absolute atomic E-state index is 13.3. The molecule has 1 fully saturated rings. The second kappa shape index (κ2) is 11.7. The van der Waals surface area contributed by atoms with Crippen LogP contribution in [0.3, 0.4) is 0 Å². The summed E-state index contributed by atoms with van der Waals surface area (Å²) in [5.74, 6) is 2.23. The first-order valence-electron chi connectivity index (χ1n) is 13.4. The summed E-state index contributed by atoms with van der Waals surface area (Å²) in [5.41, 5.74) is 2.92. The topological polar surface area (TPSA) is 87.7 Å². The number of nitrogens with zero attached hydrogens (tertiary/aromatic N) is 4. The number of aryl methyl sites for hydroxylation is 1. The highest BCUT2D eigenvalue weighted by Crippen LogP contribution is 2.29. The van der Waals surface area contributed by atoms with E-state index in [1.807, 2.05) is 60.7 Å². The molecule has 1 saturated heterocycles.